The molecule has 2 aromatic carbocycles. The number of anilines is 1. The minimum absolute atomic E-state index is 0.285. The van der Waals surface area contributed by atoms with Crippen LogP contribution < -0.4 is 5.32 Å². The first-order valence-corrected chi connectivity index (χ1v) is 8.45. The molecule has 1 atom stereocenters. The maximum Gasteiger partial charge on any atom is 0.0511 e. The summed E-state index contributed by atoms with van der Waals surface area (Å²) in [7, 11) is 0. The Labute approximate surface area is 136 Å². The Morgan fingerprint density at radius 2 is 1.90 bits per heavy atom. The average molecular weight is 318 g/mol. The lowest BCUT2D eigenvalue weighted by molar-refractivity contribution is 0.747. The monoisotopic (exact) mass is 317 g/mol. The minimum atomic E-state index is 0.285. The van der Waals surface area contributed by atoms with Crippen LogP contribution in [0.25, 0.3) is 0 Å². The number of hydrogen-bond acceptors (Lipinski definition) is 2. The van der Waals surface area contributed by atoms with Gasteiger partial charge < -0.3 is 5.32 Å². The second-order valence-corrected chi connectivity index (χ2v) is 6.25. The Bertz CT molecular complexity index is 580. The number of halogens is 1. The molecular formula is C18H20ClNS. The van der Waals surface area contributed by atoms with Gasteiger partial charge >= 0.3 is 0 Å². The zero-order valence-electron chi connectivity index (χ0n) is 12.2. The van der Waals surface area contributed by atoms with Crippen LogP contribution in [0.1, 0.15) is 24.9 Å². The van der Waals surface area contributed by atoms with Crippen LogP contribution in [0.4, 0.5) is 5.69 Å². The number of benzene rings is 2. The molecule has 0 aliphatic carbocycles. The SMILES string of the molecule is C=CCSc1ccccc1NC(CC)c1ccc(Cl)cc1. The Morgan fingerprint density at radius 1 is 1.19 bits per heavy atom. The van der Waals surface area contributed by atoms with E-state index in [2.05, 4.69) is 55.2 Å². The molecule has 0 bridgehead atoms. The van der Waals surface area contributed by atoms with Gasteiger partial charge in [-0.3, -0.25) is 0 Å². The van der Waals surface area contributed by atoms with E-state index in [4.69, 9.17) is 11.6 Å². The van der Waals surface area contributed by atoms with Gasteiger partial charge in [0.15, 0.2) is 0 Å². The quantitative estimate of drug-likeness (QED) is 0.483. The first-order valence-electron chi connectivity index (χ1n) is 7.09. The van der Waals surface area contributed by atoms with Gasteiger partial charge in [0, 0.05) is 21.4 Å². The molecule has 0 saturated heterocycles. The zero-order valence-corrected chi connectivity index (χ0v) is 13.8. The van der Waals surface area contributed by atoms with Crippen LogP contribution >= 0.6 is 23.4 Å². The number of rotatable bonds is 7. The Balaban J connectivity index is 2.18. The molecule has 0 saturated carbocycles. The summed E-state index contributed by atoms with van der Waals surface area (Å²) in [5, 5.41) is 4.42. The molecule has 21 heavy (non-hydrogen) atoms. The van der Waals surface area contributed by atoms with E-state index in [1.165, 1.54) is 16.1 Å². The molecule has 2 aromatic rings. The molecule has 0 aromatic heterocycles. The zero-order chi connectivity index (χ0) is 15.1. The molecule has 0 aliphatic heterocycles. The normalized spacial score (nSPS) is 11.9. The van der Waals surface area contributed by atoms with Crippen LogP contribution in [0.2, 0.25) is 5.02 Å². The van der Waals surface area contributed by atoms with Gasteiger partial charge in [0.1, 0.15) is 0 Å². The van der Waals surface area contributed by atoms with E-state index in [0.717, 1.165) is 17.2 Å². The number of hydrogen-bond donors (Lipinski definition) is 1. The van der Waals surface area contributed by atoms with E-state index in [1.54, 1.807) is 11.8 Å². The highest BCUT2D eigenvalue weighted by atomic mass is 35.5. The fourth-order valence-electron chi connectivity index (χ4n) is 2.16. The second-order valence-electron chi connectivity index (χ2n) is 4.75. The average Bonchev–Trinajstić information content (AvgIpc) is 2.52. The van der Waals surface area contributed by atoms with Crippen LogP contribution in [0.5, 0.6) is 0 Å². The summed E-state index contributed by atoms with van der Waals surface area (Å²) in [5.74, 6) is 0.913. The highest BCUT2D eigenvalue weighted by molar-refractivity contribution is 7.99. The van der Waals surface area contributed by atoms with Crippen molar-refractivity contribution in [3.8, 4) is 0 Å². The van der Waals surface area contributed by atoms with Gasteiger partial charge in [-0.1, -0.05) is 48.9 Å². The summed E-state index contributed by atoms with van der Waals surface area (Å²) in [4.78, 5) is 1.25. The van der Waals surface area contributed by atoms with Crippen LogP contribution in [0.3, 0.4) is 0 Å². The van der Waals surface area contributed by atoms with Crippen LogP contribution in [0.15, 0.2) is 66.1 Å². The first-order chi connectivity index (χ1) is 10.2. The van der Waals surface area contributed by atoms with E-state index in [9.17, 15) is 0 Å². The molecule has 1 nitrogen and oxygen atoms in total. The molecule has 0 fully saturated rings. The molecule has 0 amide bonds. The molecular weight excluding hydrogens is 298 g/mol. The molecule has 1 N–H and O–H groups in total. The van der Waals surface area contributed by atoms with Crippen molar-refractivity contribution in [1.29, 1.82) is 0 Å². The largest absolute Gasteiger partial charge is 0.377 e. The van der Waals surface area contributed by atoms with E-state index in [1.807, 2.05) is 18.2 Å². The number of thioether (sulfide) groups is 1. The smallest absolute Gasteiger partial charge is 0.0511 e. The molecule has 0 radical (unpaired) electrons. The predicted molar refractivity (Wildman–Crippen MR) is 95.5 cm³/mol. The third-order valence-electron chi connectivity index (χ3n) is 3.25. The molecule has 1 unspecified atom stereocenters. The van der Waals surface area contributed by atoms with Crippen molar-refractivity contribution in [1.82, 2.24) is 0 Å². The lowest BCUT2D eigenvalue weighted by atomic mass is 10.0. The van der Waals surface area contributed by atoms with Crippen molar-refractivity contribution in [2.24, 2.45) is 0 Å². The van der Waals surface area contributed by atoms with Gasteiger partial charge in [-0.2, -0.15) is 0 Å². The van der Waals surface area contributed by atoms with Crippen molar-refractivity contribution < 1.29 is 0 Å². The Kier molecular flexibility index (Phi) is 6.21. The van der Waals surface area contributed by atoms with Gasteiger partial charge in [0.2, 0.25) is 0 Å². The van der Waals surface area contributed by atoms with Crippen LogP contribution in [-0.2, 0) is 0 Å². The summed E-state index contributed by atoms with van der Waals surface area (Å²) in [5.41, 5.74) is 2.43. The molecule has 110 valence electrons. The maximum absolute atomic E-state index is 5.97. The molecule has 0 heterocycles. The molecule has 0 spiro atoms. The highest BCUT2D eigenvalue weighted by Gasteiger charge is 2.11. The van der Waals surface area contributed by atoms with Gasteiger partial charge in [0.05, 0.1) is 6.04 Å². The van der Waals surface area contributed by atoms with Crippen molar-refractivity contribution in [2.75, 3.05) is 11.1 Å². The Hall–Kier alpha value is -1.38. The summed E-state index contributed by atoms with van der Waals surface area (Å²) in [6.45, 7) is 5.97. The van der Waals surface area contributed by atoms with Gasteiger partial charge in [-0.05, 0) is 36.2 Å². The lowest BCUT2D eigenvalue weighted by Crippen LogP contribution is -2.10. The van der Waals surface area contributed by atoms with E-state index in [-0.39, 0.29) is 6.04 Å². The van der Waals surface area contributed by atoms with Crippen molar-refractivity contribution in [3.63, 3.8) is 0 Å². The van der Waals surface area contributed by atoms with E-state index >= 15 is 0 Å². The van der Waals surface area contributed by atoms with Gasteiger partial charge in [-0.15, -0.1) is 18.3 Å². The molecule has 3 heteroatoms. The molecule has 2 rings (SSSR count). The summed E-state index contributed by atoms with van der Waals surface area (Å²) < 4.78 is 0. The number of nitrogens with one attached hydrogen (secondary N) is 1. The maximum atomic E-state index is 5.97. The second kappa shape index (κ2) is 8.16. The van der Waals surface area contributed by atoms with Crippen molar-refractivity contribution in [3.05, 3.63) is 71.8 Å². The van der Waals surface area contributed by atoms with E-state index in [0.29, 0.717) is 0 Å². The van der Waals surface area contributed by atoms with E-state index < -0.39 is 0 Å². The van der Waals surface area contributed by atoms with Gasteiger partial charge in [0.25, 0.3) is 0 Å². The third kappa shape index (κ3) is 4.55. The summed E-state index contributed by atoms with van der Waals surface area (Å²) in [6, 6.07) is 16.8. The predicted octanol–water partition coefficient (Wildman–Crippen LogP) is 6.18. The summed E-state index contributed by atoms with van der Waals surface area (Å²) in [6.07, 6.45) is 2.94. The fraction of sp³-hybridized carbons (Fsp3) is 0.222. The highest BCUT2D eigenvalue weighted by Crippen LogP contribution is 2.31. The third-order valence-corrected chi connectivity index (χ3v) is 4.58. The molecule has 0 aliphatic rings. The van der Waals surface area contributed by atoms with Gasteiger partial charge in [-0.25, -0.2) is 0 Å². The van der Waals surface area contributed by atoms with Crippen LogP contribution in [0, 0.1) is 0 Å². The summed E-state index contributed by atoms with van der Waals surface area (Å²) >= 11 is 7.76. The first kappa shape index (κ1) is 16.0. The van der Waals surface area contributed by atoms with Crippen molar-refractivity contribution >= 4 is 29.1 Å². The fourth-order valence-corrected chi connectivity index (χ4v) is 3.05. The Morgan fingerprint density at radius 3 is 2.57 bits per heavy atom. The van der Waals surface area contributed by atoms with Crippen LogP contribution in [-0.4, -0.2) is 5.75 Å². The lowest BCUT2D eigenvalue weighted by Gasteiger charge is -2.21. The minimum Gasteiger partial charge on any atom is -0.377 e. The number of para-hydroxylation sites is 1. The standard InChI is InChI=1S/C18H20ClNS/c1-3-13-21-18-8-6-5-7-17(18)20-16(4-2)14-9-11-15(19)12-10-14/h3,5-12,16,20H,1,4,13H2,2H3. The van der Waals surface area contributed by atoms with Crippen molar-refractivity contribution in [2.45, 2.75) is 24.3 Å². The topological polar surface area (TPSA) is 12.0 Å².